The van der Waals surface area contributed by atoms with Crippen molar-refractivity contribution < 1.29 is 9.53 Å². The van der Waals surface area contributed by atoms with Gasteiger partial charge < -0.3 is 10.1 Å². The molecule has 0 saturated carbocycles. The summed E-state index contributed by atoms with van der Waals surface area (Å²) in [6.45, 7) is 1.96. The van der Waals surface area contributed by atoms with Crippen LogP contribution in [0, 0.1) is 0 Å². The Labute approximate surface area is 89.0 Å². The number of rotatable bonds is 4. The first-order valence-electron chi connectivity index (χ1n) is 4.71. The molecule has 0 spiro atoms. The molecule has 4 heteroatoms. The first-order valence-corrected chi connectivity index (χ1v) is 4.71. The van der Waals surface area contributed by atoms with E-state index in [2.05, 4.69) is 15.0 Å². The fourth-order valence-electron chi connectivity index (χ4n) is 1.05. The third-order valence-electron chi connectivity index (χ3n) is 1.84. The highest BCUT2D eigenvalue weighted by molar-refractivity contribution is 5.83. The third-order valence-corrected chi connectivity index (χ3v) is 1.84. The van der Waals surface area contributed by atoms with E-state index in [-0.39, 0.29) is 5.97 Å². The van der Waals surface area contributed by atoms with Crippen molar-refractivity contribution in [3.8, 4) is 0 Å². The molecule has 80 valence electrons. The van der Waals surface area contributed by atoms with E-state index in [9.17, 15) is 4.79 Å². The fourth-order valence-corrected chi connectivity index (χ4v) is 1.05. The molecular formula is C11H14N2O2. The van der Waals surface area contributed by atoms with Gasteiger partial charge in [0.1, 0.15) is 0 Å². The second-order valence-corrected chi connectivity index (χ2v) is 2.91. The van der Waals surface area contributed by atoms with Crippen LogP contribution in [-0.4, -0.2) is 18.1 Å². The molecule has 0 atom stereocenters. The van der Waals surface area contributed by atoms with Crippen LogP contribution in [0.2, 0.25) is 0 Å². The van der Waals surface area contributed by atoms with Gasteiger partial charge >= 0.3 is 5.97 Å². The van der Waals surface area contributed by atoms with Gasteiger partial charge in [-0.25, -0.2) is 4.79 Å². The van der Waals surface area contributed by atoms with E-state index in [0.717, 1.165) is 17.8 Å². The highest BCUT2D eigenvalue weighted by atomic mass is 16.5. The van der Waals surface area contributed by atoms with Crippen molar-refractivity contribution in [3.05, 3.63) is 36.3 Å². The lowest BCUT2D eigenvalue weighted by atomic mass is 10.3. The molecule has 0 aliphatic rings. The van der Waals surface area contributed by atoms with Crippen LogP contribution in [-0.2, 0) is 9.53 Å². The lowest BCUT2D eigenvalue weighted by molar-refractivity contribution is -0.134. The molecule has 0 radical (unpaired) electrons. The van der Waals surface area contributed by atoms with Crippen LogP contribution < -0.4 is 5.32 Å². The van der Waals surface area contributed by atoms with E-state index in [1.807, 2.05) is 19.1 Å². The number of ether oxygens (including phenoxy) is 1. The topological polar surface area (TPSA) is 51.2 Å². The maximum atomic E-state index is 11.0. The number of hydrogen-bond acceptors (Lipinski definition) is 4. The quantitative estimate of drug-likeness (QED) is 0.604. The van der Waals surface area contributed by atoms with Gasteiger partial charge in [0, 0.05) is 18.0 Å². The van der Waals surface area contributed by atoms with Gasteiger partial charge in [-0.15, -0.1) is 0 Å². The minimum Gasteiger partial charge on any atom is -0.466 e. The number of esters is 1. The predicted molar refractivity (Wildman–Crippen MR) is 58.2 cm³/mol. The Hall–Kier alpha value is -1.84. The molecule has 1 aromatic heterocycles. The largest absolute Gasteiger partial charge is 0.466 e. The Morgan fingerprint density at radius 3 is 3.00 bits per heavy atom. The summed E-state index contributed by atoms with van der Waals surface area (Å²) in [5.41, 5.74) is 1.66. The molecule has 1 N–H and O–H groups in total. The van der Waals surface area contributed by atoms with Crippen LogP contribution in [0.3, 0.4) is 0 Å². The number of pyridine rings is 1. The van der Waals surface area contributed by atoms with Crippen LogP contribution in [0.4, 0.5) is 5.69 Å². The summed E-state index contributed by atoms with van der Waals surface area (Å²) in [6, 6.07) is 3.71. The van der Waals surface area contributed by atoms with Gasteiger partial charge in [0.2, 0.25) is 0 Å². The van der Waals surface area contributed by atoms with E-state index >= 15 is 0 Å². The summed E-state index contributed by atoms with van der Waals surface area (Å²) in [5, 5.41) is 3.09. The SMILES string of the molecule is CCC(=CC(=O)OC)Nc1cccnc1. The number of hydrogen-bond donors (Lipinski definition) is 1. The zero-order chi connectivity index (χ0) is 11.1. The van der Waals surface area contributed by atoms with Crippen LogP contribution in [0.1, 0.15) is 13.3 Å². The number of methoxy groups -OCH3 is 1. The van der Waals surface area contributed by atoms with Crippen molar-refractivity contribution in [2.24, 2.45) is 0 Å². The van der Waals surface area contributed by atoms with Crippen molar-refractivity contribution in [2.75, 3.05) is 12.4 Å². The molecular weight excluding hydrogens is 192 g/mol. The minimum atomic E-state index is -0.358. The number of carbonyl (C=O) groups excluding carboxylic acids is 1. The summed E-state index contributed by atoms with van der Waals surface area (Å²) in [6.07, 6.45) is 5.55. The molecule has 0 aliphatic carbocycles. The second kappa shape index (κ2) is 5.80. The summed E-state index contributed by atoms with van der Waals surface area (Å²) in [7, 11) is 1.36. The van der Waals surface area contributed by atoms with Crippen LogP contribution in [0.25, 0.3) is 0 Å². The zero-order valence-electron chi connectivity index (χ0n) is 8.86. The van der Waals surface area contributed by atoms with Gasteiger partial charge in [-0.05, 0) is 18.6 Å². The Kier molecular flexibility index (Phi) is 4.34. The smallest absolute Gasteiger partial charge is 0.332 e. The van der Waals surface area contributed by atoms with Crippen LogP contribution in [0.5, 0.6) is 0 Å². The summed E-state index contributed by atoms with van der Waals surface area (Å²) >= 11 is 0. The van der Waals surface area contributed by atoms with Gasteiger partial charge in [0.05, 0.1) is 19.0 Å². The molecule has 0 amide bonds. The molecule has 15 heavy (non-hydrogen) atoms. The molecule has 0 unspecified atom stereocenters. The molecule has 0 aliphatic heterocycles. The Morgan fingerprint density at radius 2 is 2.47 bits per heavy atom. The minimum absolute atomic E-state index is 0.358. The number of nitrogens with one attached hydrogen (secondary N) is 1. The Bertz CT molecular complexity index is 347. The van der Waals surface area contributed by atoms with E-state index in [4.69, 9.17) is 0 Å². The molecule has 4 nitrogen and oxygen atoms in total. The molecule has 0 saturated heterocycles. The van der Waals surface area contributed by atoms with E-state index in [0.29, 0.717) is 0 Å². The summed E-state index contributed by atoms with van der Waals surface area (Å²) in [5.74, 6) is -0.358. The van der Waals surface area contributed by atoms with Crippen LogP contribution >= 0.6 is 0 Å². The normalized spacial score (nSPS) is 10.9. The lowest BCUT2D eigenvalue weighted by Gasteiger charge is -2.07. The van der Waals surface area contributed by atoms with Crippen molar-refractivity contribution in [1.82, 2.24) is 4.98 Å². The van der Waals surface area contributed by atoms with Gasteiger partial charge in [-0.2, -0.15) is 0 Å². The zero-order valence-corrected chi connectivity index (χ0v) is 8.86. The van der Waals surface area contributed by atoms with Crippen molar-refractivity contribution >= 4 is 11.7 Å². The number of anilines is 1. The average Bonchev–Trinajstić information content (AvgIpc) is 2.29. The molecule has 1 heterocycles. The number of aromatic nitrogens is 1. The van der Waals surface area contributed by atoms with Gasteiger partial charge in [0.25, 0.3) is 0 Å². The highest BCUT2D eigenvalue weighted by Crippen LogP contribution is 2.09. The number of allylic oxidation sites excluding steroid dienone is 1. The fraction of sp³-hybridized carbons (Fsp3) is 0.273. The maximum absolute atomic E-state index is 11.0. The van der Waals surface area contributed by atoms with Gasteiger partial charge in [-0.1, -0.05) is 6.92 Å². The first kappa shape index (κ1) is 11.2. The third kappa shape index (κ3) is 3.81. The van der Waals surface area contributed by atoms with Gasteiger partial charge in [0.15, 0.2) is 0 Å². The standard InChI is InChI=1S/C11H14N2O2/c1-3-9(7-11(14)15-2)13-10-5-4-6-12-8-10/h4-8,13H,3H2,1-2H3. The predicted octanol–water partition coefficient (Wildman–Crippen LogP) is 1.96. The van der Waals surface area contributed by atoms with Crippen molar-refractivity contribution in [1.29, 1.82) is 0 Å². The Balaban J connectivity index is 2.70. The van der Waals surface area contributed by atoms with Gasteiger partial charge in [-0.3, -0.25) is 4.98 Å². The molecule has 1 aromatic rings. The summed E-state index contributed by atoms with van der Waals surface area (Å²) < 4.78 is 4.55. The molecule has 0 bridgehead atoms. The highest BCUT2D eigenvalue weighted by Gasteiger charge is 2.00. The molecule has 1 rings (SSSR count). The molecule has 0 fully saturated rings. The maximum Gasteiger partial charge on any atom is 0.332 e. The lowest BCUT2D eigenvalue weighted by Crippen LogP contribution is -2.04. The monoisotopic (exact) mass is 206 g/mol. The van der Waals surface area contributed by atoms with E-state index in [1.165, 1.54) is 13.2 Å². The van der Waals surface area contributed by atoms with Crippen molar-refractivity contribution in [2.45, 2.75) is 13.3 Å². The Morgan fingerprint density at radius 1 is 1.67 bits per heavy atom. The summed E-state index contributed by atoms with van der Waals surface area (Å²) in [4.78, 5) is 15.0. The molecule has 0 aromatic carbocycles. The average molecular weight is 206 g/mol. The van der Waals surface area contributed by atoms with E-state index < -0.39 is 0 Å². The second-order valence-electron chi connectivity index (χ2n) is 2.91. The van der Waals surface area contributed by atoms with E-state index in [1.54, 1.807) is 12.4 Å². The number of nitrogens with zero attached hydrogens (tertiary/aromatic N) is 1. The van der Waals surface area contributed by atoms with Crippen LogP contribution in [0.15, 0.2) is 36.3 Å². The van der Waals surface area contributed by atoms with Crippen molar-refractivity contribution in [3.63, 3.8) is 0 Å². The number of carbonyl (C=O) groups is 1. The first-order chi connectivity index (χ1) is 7.26.